The first-order chi connectivity index (χ1) is 8.84. The monoisotopic (exact) mass is 245 g/mol. The van der Waals surface area contributed by atoms with E-state index in [0.29, 0.717) is 0 Å². The van der Waals surface area contributed by atoms with Gasteiger partial charge in [-0.3, -0.25) is 0 Å². The predicted molar refractivity (Wildman–Crippen MR) is 74.0 cm³/mol. The Hall–Kier alpha value is -1.52. The summed E-state index contributed by atoms with van der Waals surface area (Å²) in [6, 6.07) is 8.43. The molecule has 2 heterocycles. The number of benzene rings is 1. The van der Waals surface area contributed by atoms with Crippen molar-refractivity contribution in [3.05, 3.63) is 30.5 Å². The average Bonchev–Trinajstić information content (AvgIpc) is 2.75. The molecule has 1 aromatic heterocycles. The Bertz CT molecular complexity index is 529. The molecule has 1 aliphatic heterocycles. The highest BCUT2D eigenvalue weighted by Gasteiger charge is 2.13. The van der Waals surface area contributed by atoms with Crippen LogP contribution in [0.3, 0.4) is 0 Å². The second-order valence-electron chi connectivity index (χ2n) is 4.75. The predicted octanol–water partition coefficient (Wildman–Crippen LogP) is 1.58. The minimum atomic E-state index is 0.262. The lowest BCUT2D eigenvalue weighted by atomic mass is 10.2. The van der Waals surface area contributed by atoms with Crippen molar-refractivity contribution in [3.63, 3.8) is 0 Å². The molecule has 0 amide bonds. The SMILES string of the molecule is Cn1cc(NCC2CNCCO2)c2ccccc21. The Morgan fingerprint density at radius 3 is 3.17 bits per heavy atom. The van der Waals surface area contributed by atoms with Gasteiger partial charge in [0, 0.05) is 43.8 Å². The first-order valence-electron chi connectivity index (χ1n) is 6.45. The summed E-state index contributed by atoms with van der Waals surface area (Å²) in [5.74, 6) is 0. The molecule has 0 bridgehead atoms. The number of aryl methyl sites for hydroxylation is 1. The van der Waals surface area contributed by atoms with Crippen molar-refractivity contribution in [3.8, 4) is 0 Å². The summed E-state index contributed by atoms with van der Waals surface area (Å²) in [7, 11) is 2.08. The van der Waals surface area contributed by atoms with Gasteiger partial charge < -0.3 is 19.9 Å². The number of hydrogen-bond donors (Lipinski definition) is 2. The van der Waals surface area contributed by atoms with Crippen LogP contribution in [0.1, 0.15) is 0 Å². The third-order valence-electron chi connectivity index (χ3n) is 3.42. The largest absolute Gasteiger partial charge is 0.381 e. The van der Waals surface area contributed by atoms with Crippen molar-refractivity contribution >= 4 is 16.6 Å². The molecule has 2 N–H and O–H groups in total. The summed E-state index contributed by atoms with van der Waals surface area (Å²) in [5.41, 5.74) is 2.44. The molecule has 1 aromatic carbocycles. The van der Waals surface area contributed by atoms with E-state index < -0.39 is 0 Å². The minimum Gasteiger partial charge on any atom is -0.381 e. The van der Waals surface area contributed by atoms with Gasteiger partial charge in [0.1, 0.15) is 0 Å². The molecule has 1 aliphatic rings. The van der Waals surface area contributed by atoms with Gasteiger partial charge in [-0.05, 0) is 6.07 Å². The van der Waals surface area contributed by atoms with E-state index in [9.17, 15) is 0 Å². The second kappa shape index (κ2) is 5.00. The standard InChI is InChI=1S/C14H19N3O/c1-17-10-13(12-4-2-3-5-14(12)17)16-9-11-8-15-6-7-18-11/h2-5,10-11,15-16H,6-9H2,1H3. The summed E-state index contributed by atoms with van der Waals surface area (Å²) in [4.78, 5) is 0. The van der Waals surface area contributed by atoms with E-state index in [1.807, 2.05) is 0 Å². The normalized spacial score (nSPS) is 20.2. The van der Waals surface area contributed by atoms with Crippen molar-refractivity contribution < 1.29 is 4.74 Å². The molecule has 18 heavy (non-hydrogen) atoms. The van der Waals surface area contributed by atoms with Crippen LogP contribution in [-0.4, -0.2) is 36.9 Å². The minimum absolute atomic E-state index is 0.262. The van der Waals surface area contributed by atoms with Crippen LogP contribution in [0, 0.1) is 0 Å². The van der Waals surface area contributed by atoms with Crippen LogP contribution in [0.4, 0.5) is 5.69 Å². The van der Waals surface area contributed by atoms with Crippen molar-refractivity contribution in [1.82, 2.24) is 9.88 Å². The number of hydrogen-bond acceptors (Lipinski definition) is 3. The third-order valence-corrected chi connectivity index (χ3v) is 3.42. The molecule has 1 saturated heterocycles. The molecule has 0 radical (unpaired) electrons. The molecule has 1 unspecified atom stereocenters. The highest BCUT2D eigenvalue weighted by molar-refractivity contribution is 5.92. The number of rotatable bonds is 3. The highest BCUT2D eigenvalue weighted by Crippen LogP contribution is 2.24. The Morgan fingerprint density at radius 1 is 1.44 bits per heavy atom. The van der Waals surface area contributed by atoms with E-state index >= 15 is 0 Å². The highest BCUT2D eigenvalue weighted by atomic mass is 16.5. The van der Waals surface area contributed by atoms with Gasteiger partial charge >= 0.3 is 0 Å². The molecule has 3 rings (SSSR count). The maximum absolute atomic E-state index is 5.69. The van der Waals surface area contributed by atoms with Crippen LogP contribution in [0.2, 0.25) is 0 Å². The summed E-state index contributed by atoms with van der Waals surface area (Å²) in [5, 5.41) is 8.10. The number of aromatic nitrogens is 1. The van der Waals surface area contributed by atoms with Gasteiger partial charge in [0.15, 0.2) is 0 Å². The van der Waals surface area contributed by atoms with E-state index in [2.05, 4.69) is 52.7 Å². The van der Waals surface area contributed by atoms with E-state index in [4.69, 9.17) is 4.74 Å². The molecule has 0 aliphatic carbocycles. The number of anilines is 1. The van der Waals surface area contributed by atoms with Crippen molar-refractivity contribution in [2.24, 2.45) is 7.05 Å². The lowest BCUT2D eigenvalue weighted by molar-refractivity contribution is 0.0372. The van der Waals surface area contributed by atoms with Gasteiger partial charge in [-0.2, -0.15) is 0 Å². The van der Waals surface area contributed by atoms with Crippen LogP contribution in [0.5, 0.6) is 0 Å². The van der Waals surface area contributed by atoms with Crippen molar-refractivity contribution in [2.45, 2.75) is 6.10 Å². The third kappa shape index (κ3) is 2.21. The van der Waals surface area contributed by atoms with Crippen LogP contribution < -0.4 is 10.6 Å². The van der Waals surface area contributed by atoms with Crippen molar-refractivity contribution in [2.75, 3.05) is 31.6 Å². The van der Waals surface area contributed by atoms with Crippen LogP contribution in [0.15, 0.2) is 30.5 Å². The second-order valence-corrected chi connectivity index (χ2v) is 4.75. The van der Waals surface area contributed by atoms with Crippen LogP contribution in [-0.2, 0) is 11.8 Å². The number of para-hydroxylation sites is 1. The number of morpholine rings is 1. The van der Waals surface area contributed by atoms with Gasteiger partial charge in [-0.1, -0.05) is 18.2 Å². The lowest BCUT2D eigenvalue weighted by Gasteiger charge is -2.24. The fourth-order valence-electron chi connectivity index (χ4n) is 2.46. The molecular formula is C14H19N3O. The Balaban J connectivity index is 1.74. The van der Waals surface area contributed by atoms with Gasteiger partial charge in [0.2, 0.25) is 0 Å². The first kappa shape index (κ1) is 11.6. The number of nitrogens with zero attached hydrogens (tertiary/aromatic N) is 1. The number of nitrogens with one attached hydrogen (secondary N) is 2. The molecule has 4 nitrogen and oxygen atoms in total. The topological polar surface area (TPSA) is 38.2 Å². The molecular weight excluding hydrogens is 226 g/mol. The van der Waals surface area contributed by atoms with Crippen LogP contribution in [0.25, 0.3) is 10.9 Å². The Kier molecular flexibility index (Phi) is 3.21. The smallest absolute Gasteiger partial charge is 0.0872 e. The molecule has 1 atom stereocenters. The Morgan fingerprint density at radius 2 is 2.33 bits per heavy atom. The van der Waals surface area contributed by atoms with Gasteiger partial charge in [-0.15, -0.1) is 0 Å². The zero-order chi connectivity index (χ0) is 12.4. The van der Waals surface area contributed by atoms with Crippen molar-refractivity contribution in [1.29, 1.82) is 0 Å². The summed E-state index contributed by atoms with van der Waals surface area (Å²) >= 11 is 0. The molecule has 96 valence electrons. The summed E-state index contributed by atoms with van der Waals surface area (Å²) in [6.45, 7) is 3.55. The van der Waals surface area contributed by atoms with Gasteiger partial charge in [-0.25, -0.2) is 0 Å². The maximum atomic E-state index is 5.69. The fourth-order valence-corrected chi connectivity index (χ4v) is 2.46. The zero-order valence-electron chi connectivity index (χ0n) is 10.6. The fraction of sp³-hybridized carbons (Fsp3) is 0.429. The van der Waals surface area contributed by atoms with E-state index in [1.165, 1.54) is 16.6 Å². The quantitative estimate of drug-likeness (QED) is 0.862. The molecule has 0 spiro atoms. The lowest BCUT2D eigenvalue weighted by Crippen LogP contribution is -2.42. The number of ether oxygens (including phenoxy) is 1. The maximum Gasteiger partial charge on any atom is 0.0872 e. The zero-order valence-corrected chi connectivity index (χ0v) is 10.6. The average molecular weight is 245 g/mol. The molecule has 2 aromatic rings. The van der Waals surface area contributed by atoms with Gasteiger partial charge in [0.25, 0.3) is 0 Å². The van der Waals surface area contributed by atoms with E-state index in [0.717, 1.165) is 26.2 Å². The van der Waals surface area contributed by atoms with E-state index in [-0.39, 0.29) is 6.10 Å². The molecule has 0 saturated carbocycles. The van der Waals surface area contributed by atoms with E-state index in [1.54, 1.807) is 0 Å². The first-order valence-corrected chi connectivity index (χ1v) is 6.45. The summed E-state index contributed by atoms with van der Waals surface area (Å²) in [6.07, 6.45) is 2.40. The molecule has 4 heteroatoms. The molecule has 1 fully saturated rings. The number of fused-ring (bicyclic) bond motifs is 1. The van der Waals surface area contributed by atoms with Crippen LogP contribution >= 0.6 is 0 Å². The summed E-state index contributed by atoms with van der Waals surface area (Å²) < 4.78 is 7.84. The van der Waals surface area contributed by atoms with Gasteiger partial charge in [0.05, 0.1) is 18.4 Å². The Labute approximate surface area is 107 Å².